The highest BCUT2D eigenvalue weighted by molar-refractivity contribution is 5.90. The van der Waals surface area contributed by atoms with Gasteiger partial charge in [-0.25, -0.2) is 9.97 Å². The van der Waals surface area contributed by atoms with E-state index in [1.807, 2.05) is 0 Å². The molecule has 1 saturated heterocycles. The van der Waals surface area contributed by atoms with E-state index in [1.54, 1.807) is 6.33 Å². The van der Waals surface area contributed by atoms with Crippen molar-refractivity contribution in [2.75, 3.05) is 18.0 Å². The Morgan fingerprint density at radius 2 is 2.29 bits per heavy atom. The fraction of sp³-hybridized carbons (Fsp3) is 0.625. The Morgan fingerprint density at radius 3 is 3.00 bits per heavy atom. The molecule has 112 valence electrons. The zero-order valence-corrected chi connectivity index (χ0v) is 12.6. The molecule has 3 N–H and O–H groups in total. The minimum atomic E-state index is 0.332. The number of hydrogen-bond donors (Lipinski definition) is 2. The molecule has 5 heteroatoms. The quantitative estimate of drug-likeness (QED) is 0.887. The Morgan fingerprint density at radius 1 is 1.43 bits per heavy atom. The molecule has 2 aromatic rings. The van der Waals surface area contributed by atoms with Gasteiger partial charge in [-0.1, -0.05) is 13.3 Å². The molecule has 2 aromatic heterocycles. The molecular formula is C16H23N5. The zero-order chi connectivity index (χ0) is 14.4. The molecular weight excluding hydrogens is 262 g/mol. The van der Waals surface area contributed by atoms with Gasteiger partial charge in [-0.2, -0.15) is 0 Å². The molecule has 1 unspecified atom stereocenters. The van der Waals surface area contributed by atoms with Crippen LogP contribution in [0, 0.1) is 5.41 Å². The summed E-state index contributed by atoms with van der Waals surface area (Å²) in [7, 11) is 0. The summed E-state index contributed by atoms with van der Waals surface area (Å²) in [5, 5.41) is 1.20. The van der Waals surface area contributed by atoms with Gasteiger partial charge in [0.05, 0.1) is 5.39 Å². The van der Waals surface area contributed by atoms with Crippen LogP contribution in [0.25, 0.3) is 11.0 Å². The molecule has 1 spiro atoms. The number of nitrogens with one attached hydrogen (secondary N) is 1. The third kappa shape index (κ3) is 1.87. The van der Waals surface area contributed by atoms with Crippen LogP contribution in [0.2, 0.25) is 0 Å². The van der Waals surface area contributed by atoms with Crippen LogP contribution in [0.15, 0.2) is 12.5 Å². The van der Waals surface area contributed by atoms with Gasteiger partial charge in [-0.05, 0) is 31.2 Å². The molecule has 3 heterocycles. The van der Waals surface area contributed by atoms with Crippen molar-refractivity contribution in [1.29, 1.82) is 0 Å². The zero-order valence-electron chi connectivity index (χ0n) is 12.6. The highest BCUT2D eigenvalue weighted by Crippen LogP contribution is 2.47. The number of anilines is 1. The van der Waals surface area contributed by atoms with Crippen LogP contribution in [-0.2, 0) is 6.42 Å². The Hall–Kier alpha value is -1.62. The van der Waals surface area contributed by atoms with E-state index in [4.69, 9.17) is 5.73 Å². The minimum Gasteiger partial charge on any atom is -0.355 e. The molecule has 4 rings (SSSR count). The van der Waals surface area contributed by atoms with E-state index in [9.17, 15) is 0 Å². The van der Waals surface area contributed by atoms with Gasteiger partial charge < -0.3 is 15.6 Å². The maximum atomic E-state index is 6.40. The second-order valence-electron chi connectivity index (χ2n) is 6.62. The first-order valence-corrected chi connectivity index (χ1v) is 8.05. The first kappa shape index (κ1) is 13.1. The number of aromatic nitrogens is 3. The van der Waals surface area contributed by atoms with Crippen LogP contribution in [0.1, 0.15) is 38.2 Å². The molecule has 0 bridgehead atoms. The number of hydrogen-bond acceptors (Lipinski definition) is 4. The lowest BCUT2D eigenvalue weighted by molar-refractivity contribution is 0.0804. The molecule has 2 fully saturated rings. The SMILES string of the molecule is CCc1c[nH]c2ncnc(N3CCC(N)C4(CCC4)C3)c12. The van der Waals surface area contributed by atoms with E-state index in [0.29, 0.717) is 11.5 Å². The fourth-order valence-electron chi connectivity index (χ4n) is 4.05. The normalized spacial score (nSPS) is 24.5. The summed E-state index contributed by atoms with van der Waals surface area (Å²) in [4.78, 5) is 14.7. The average molecular weight is 285 g/mol. The lowest BCUT2D eigenvalue weighted by Gasteiger charge is -2.53. The van der Waals surface area contributed by atoms with Gasteiger partial charge in [0.1, 0.15) is 17.8 Å². The van der Waals surface area contributed by atoms with Gasteiger partial charge in [0.25, 0.3) is 0 Å². The van der Waals surface area contributed by atoms with Crippen LogP contribution in [0.3, 0.4) is 0 Å². The highest BCUT2D eigenvalue weighted by Gasteiger charge is 2.46. The number of H-pyrrole nitrogens is 1. The number of fused-ring (bicyclic) bond motifs is 1. The van der Waals surface area contributed by atoms with Gasteiger partial charge in [-0.15, -0.1) is 0 Å². The van der Waals surface area contributed by atoms with E-state index in [0.717, 1.165) is 37.4 Å². The van der Waals surface area contributed by atoms with Crippen molar-refractivity contribution < 1.29 is 0 Å². The number of nitrogens with zero attached hydrogens (tertiary/aromatic N) is 3. The van der Waals surface area contributed by atoms with Gasteiger partial charge in [0.15, 0.2) is 0 Å². The third-order valence-electron chi connectivity index (χ3n) is 5.56. The molecule has 0 aromatic carbocycles. The van der Waals surface area contributed by atoms with Crippen molar-refractivity contribution in [3.63, 3.8) is 0 Å². The number of aryl methyl sites for hydroxylation is 1. The summed E-state index contributed by atoms with van der Waals surface area (Å²) in [6.07, 6.45) is 9.67. The summed E-state index contributed by atoms with van der Waals surface area (Å²) >= 11 is 0. The largest absolute Gasteiger partial charge is 0.355 e. The molecule has 2 aliphatic rings. The lowest BCUT2D eigenvalue weighted by atomic mass is 9.61. The maximum Gasteiger partial charge on any atom is 0.143 e. The van der Waals surface area contributed by atoms with Gasteiger partial charge >= 0.3 is 0 Å². The van der Waals surface area contributed by atoms with E-state index in [-0.39, 0.29) is 0 Å². The lowest BCUT2D eigenvalue weighted by Crippen LogP contribution is -2.58. The van der Waals surface area contributed by atoms with Crippen molar-refractivity contribution in [2.45, 2.75) is 45.1 Å². The highest BCUT2D eigenvalue weighted by atomic mass is 15.2. The van der Waals surface area contributed by atoms with Crippen molar-refractivity contribution in [1.82, 2.24) is 15.0 Å². The standard InChI is InChI=1S/C16H23N5/c1-2-11-8-18-14-13(11)15(20-10-19-14)21-7-4-12(17)16(9-21)5-3-6-16/h8,10,12H,2-7,9,17H2,1H3,(H,18,19,20). The van der Waals surface area contributed by atoms with Crippen molar-refractivity contribution >= 4 is 16.9 Å². The summed E-state index contributed by atoms with van der Waals surface area (Å²) < 4.78 is 0. The van der Waals surface area contributed by atoms with Crippen LogP contribution >= 0.6 is 0 Å². The Bertz CT molecular complexity index is 658. The molecule has 21 heavy (non-hydrogen) atoms. The van der Waals surface area contributed by atoms with Crippen molar-refractivity contribution in [2.24, 2.45) is 11.1 Å². The van der Waals surface area contributed by atoms with Crippen LogP contribution in [0.4, 0.5) is 5.82 Å². The molecule has 1 aliphatic heterocycles. The summed E-state index contributed by atoms with van der Waals surface area (Å²) in [5.41, 5.74) is 8.99. The van der Waals surface area contributed by atoms with Crippen molar-refractivity contribution in [3.05, 3.63) is 18.1 Å². The summed E-state index contributed by atoms with van der Waals surface area (Å²) in [6.45, 7) is 4.23. The second-order valence-corrected chi connectivity index (χ2v) is 6.62. The molecule has 1 aliphatic carbocycles. The van der Waals surface area contributed by atoms with Crippen LogP contribution in [0.5, 0.6) is 0 Å². The van der Waals surface area contributed by atoms with Gasteiger partial charge in [0, 0.05) is 30.7 Å². The molecule has 0 amide bonds. The smallest absolute Gasteiger partial charge is 0.143 e. The Balaban J connectivity index is 1.74. The second kappa shape index (κ2) is 4.70. The predicted octanol–water partition coefficient (Wildman–Crippen LogP) is 2.23. The fourth-order valence-corrected chi connectivity index (χ4v) is 4.05. The average Bonchev–Trinajstić information content (AvgIpc) is 2.89. The van der Waals surface area contributed by atoms with E-state index >= 15 is 0 Å². The Labute approximate surface area is 124 Å². The minimum absolute atomic E-state index is 0.332. The molecule has 1 saturated carbocycles. The van der Waals surface area contributed by atoms with Crippen molar-refractivity contribution in [3.8, 4) is 0 Å². The first-order chi connectivity index (χ1) is 10.2. The van der Waals surface area contributed by atoms with Crippen LogP contribution < -0.4 is 10.6 Å². The first-order valence-electron chi connectivity index (χ1n) is 8.05. The van der Waals surface area contributed by atoms with Gasteiger partial charge in [0.2, 0.25) is 0 Å². The summed E-state index contributed by atoms with van der Waals surface area (Å²) in [5.74, 6) is 1.09. The molecule has 1 atom stereocenters. The Kier molecular flexibility index (Phi) is 2.92. The monoisotopic (exact) mass is 285 g/mol. The number of aromatic amines is 1. The predicted molar refractivity (Wildman–Crippen MR) is 84.4 cm³/mol. The number of nitrogens with two attached hydrogens (primary N) is 1. The number of piperidine rings is 1. The summed E-state index contributed by atoms with van der Waals surface area (Å²) in [6, 6.07) is 0.358. The molecule has 5 nitrogen and oxygen atoms in total. The topological polar surface area (TPSA) is 70.8 Å². The number of rotatable bonds is 2. The van der Waals surface area contributed by atoms with Gasteiger partial charge in [-0.3, -0.25) is 0 Å². The van der Waals surface area contributed by atoms with E-state index in [1.165, 1.54) is 30.2 Å². The van der Waals surface area contributed by atoms with E-state index in [2.05, 4.69) is 33.0 Å². The molecule has 0 radical (unpaired) electrons. The van der Waals surface area contributed by atoms with E-state index < -0.39 is 0 Å². The van der Waals surface area contributed by atoms with Crippen LogP contribution in [-0.4, -0.2) is 34.1 Å². The third-order valence-corrected chi connectivity index (χ3v) is 5.56. The maximum absolute atomic E-state index is 6.40.